The first-order valence-electron chi connectivity index (χ1n) is 9.19. The maximum Gasteiger partial charge on any atom is 0.311 e. The molecule has 0 amide bonds. The molecule has 0 bridgehead atoms. The van der Waals surface area contributed by atoms with Crippen molar-refractivity contribution in [3.63, 3.8) is 0 Å². The number of aliphatic carboxylic acids is 2. The highest BCUT2D eigenvalue weighted by molar-refractivity contribution is 5.70. The number of aliphatic hydroxyl groups excluding tert-OH is 1. The van der Waals surface area contributed by atoms with Crippen LogP contribution in [0.5, 0.6) is 0 Å². The standard InChI is InChI=1S/C18H35NO5/c1-4-5-6-7-8-9-10-19(11-12-20,13-15(2)17(21)22)14-16(3)18(23)24/h15-16,20H,4-14H2,1-3H3,(H-,21,22,23,24)/p+1. The van der Waals surface area contributed by atoms with Gasteiger partial charge in [-0.15, -0.1) is 0 Å². The highest BCUT2D eigenvalue weighted by atomic mass is 16.4. The maximum atomic E-state index is 11.3. The molecule has 0 saturated heterocycles. The number of rotatable bonds is 15. The predicted molar refractivity (Wildman–Crippen MR) is 93.8 cm³/mol. The molecule has 0 aliphatic rings. The summed E-state index contributed by atoms with van der Waals surface area (Å²) in [6, 6.07) is 0. The number of carboxylic acid groups (broad SMARTS) is 2. The van der Waals surface area contributed by atoms with Crippen LogP contribution in [0.2, 0.25) is 0 Å². The minimum atomic E-state index is -0.874. The molecule has 0 fully saturated rings. The van der Waals surface area contributed by atoms with Gasteiger partial charge in [0.15, 0.2) is 0 Å². The Morgan fingerprint density at radius 3 is 1.71 bits per heavy atom. The lowest BCUT2D eigenvalue weighted by atomic mass is 10.0. The van der Waals surface area contributed by atoms with E-state index in [0.29, 0.717) is 24.1 Å². The van der Waals surface area contributed by atoms with Crippen molar-refractivity contribution in [2.45, 2.75) is 59.3 Å². The van der Waals surface area contributed by atoms with Gasteiger partial charge in [0, 0.05) is 0 Å². The fraction of sp³-hybridized carbons (Fsp3) is 0.889. The van der Waals surface area contributed by atoms with Crippen LogP contribution >= 0.6 is 0 Å². The number of unbranched alkanes of at least 4 members (excludes halogenated alkanes) is 5. The molecule has 3 N–H and O–H groups in total. The molecule has 0 rings (SSSR count). The lowest BCUT2D eigenvalue weighted by molar-refractivity contribution is -0.932. The Labute approximate surface area is 146 Å². The fourth-order valence-corrected chi connectivity index (χ4v) is 3.31. The molecule has 6 nitrogen and oxygen atoms in total. The number of hydrogen-bond acceptors (Lipinski definition) is 3. The molecule has 0 spiro atoms. The second-order valence-electron chi connectivity index (χ2n) is 7.12. The van der Waals surface area contributed by atoms with Gasteiger partial charge in [-0.1, -0.05) is 32.6 Å². The average Bonchev–Trinajstić information content (AvgIpc) is 2.50. The van der Waals surface area contributed by atoms with E-state index >= 15 is 0 Å². The van der Waals surface area contributed by atoms with Crippen LogP contribution in [0.15, 0.2) is 0 Å². The SMILES string of the molecule is CCCCCCCC[N+](CCO)(CC(C)C(=O)O)CC(C)C(=O)O. The molecule has 6 heteroatoms. The Balaban J connectivity index is 4.90. The van der Waals surface area contributed by atoms with E-state index in [0.717, 1.165) is 25.8 Å². The highest BCUT2D eigenvalue weighted by Crippen LogP contribution is 2.19. The summed E-state index contributed by atoms with van der Waals surface area (Å²) in [6.45, 7) is 7.27. The molecular formula is C18H36NO5+. The van der Waals surface area contributed by atoms with E-state index in [1.165, 1.54) is 19.3 Å². The van der Waals surface area contributed by atoms with Gasteiger partial charge in [-0.3, -0.25) is 9.59 Å². The minimum absolute atomic E-state index is 0.0610. The monoisotopic (exact) mass is 346 g/mol. The minimum Gasteiger partial charge on any atom is -0.481 e. The molecule has 24 heavy (non-hydrogen) atoms. The summed E-state index contributed by atoms with van der Waals surface area (Å²) >= 11 is 0. The van der Waals surface area contributed by atoms with E-state index in [9.17, 15) is 24.9 Å². The van der Waals surface area contributed by atoms with Crippen LogP contribution < -0.4 is 0 Å². The normalized spacial score (nSPS) is 16.3. The smallest absolute Gasteiger partial charge is 0.311 e. The van der Waals surface area contributed by atoms with Crippen molar-refractivity contribution in [2.24, 2.45) is 11.8 Å². The van der Waals surface area contributed by atoms with E-state index in [-0.39, 0.29) is 6.61 Å². The highest BCUT2D eigenvalue weighted by Gasteiger charge is 2.34. The molecule has 0 aromatic carbocycles. The van der Waals surface area contributed by atoms with Crippen molar-refractivity contribution >= 4 is 11.9 Å². The van der Waals surface area contributed by atoms with Crippen molar-refractivity contribution in [1.29, 1.82) is 0 Å². The maximum absolute atomic E-state index is 11.3. The number of quaternary nitrogens is 1. The molecule has 0 aromatic heterocycles. The van der Waals surface area contributed by atoms with Gasteiger partial charge in [-0.2, -0.15) is 0 Å². The summed E-state index contributed by atoms with van der Waals surface area (Å²) in [5, 5.41) is 27.9. The lowest BCUT2D eigenvalue weighted by Gasteiger charge is -2.40. The van der Waals surface area contributed by atoms with Gasteiger partial charge in [-0.25, -0.2) is 0 Å². The van der Waals surface area contributed by atoms with E-state index in [2.05, 4.69) is 6.92 Å². The molecule has 0 radical (unpaired) electrons. The molecule has 0 aliphatic heterocycles. The first-order valence-corrected chi connectivity index (χ1v) is 9.19. The van der Waals surface area contributed by atoms with Gasteiger partial charge >= 0.3 is 11.9 Å². The average molecular weight is 346 g/mol. The van der Waals surface area contributed by atoms with Crippen LogP contribution in [-0.2, 0) is 9.59 Å². The van der Waals surface area contributed by atoms with E-state index in [4.69, 9.17) is 0 Å². The predicted octanol–water partition coefficient (Wildman–Crippen LogP) is 2.60. The second-order valence-corrected chi connectivity index (χ2v) is 7.12. The molecule has 0 saturated carbocycles. The largest absolute Gasteiger partial charge is 0.481 e. The van der Waals surface area contributed by atoms with Crippen molar-refractivity contribution in [2.75, 3.05) is 32.8 Å². The van der Waals surface area contributed by atoms with E-state index in [1.54, 1.807) is 13.8 Å². The molecule has 0 heterocycles. The summed E-state index contributed by atoms with van der Waals surface area (Å²) in [7, 11) is 0. The summed E-state index contributed by atoms with van der Waals surface area (Å²) in [6.07, 6.45) is 6.76. The summed E-state index contributed by atoms with van der Waals surface area (Å²) in [4.78, 5) is 22.5. The third kappa shape index (κ3) is 9.23. The molecular weight excluding hydrogens is 310 g/mol. The Morgan fingerprint density at radius 1 is 0.833 bits per heavy atom. The quantitative estimate of drug-likeness (QED) is 0.313. The van der Waals surface area contributed by atoms with Gasteiger partial charge in [0.2, 0.25) is 0 Å². The number of hydrogen-bond donors (Lipinski definition) is 3. The Kier molecular flexibility index (Phi) is 11.7. The number of aliphatic hydroxyl groups is 1. The topological polar surface area (TPSA) is 94.8 Å². The van der Waals surface area contributed by atoms with Crippen molar-refractivity contribution in [3.8, 4) is 0 Å². The van der Waals surface area contributed by atoms with Gasteiger partial charge in [0.1, 0.15) is 18.4 Å². The lowest BCUT2D eigenvalue weighted by Crippen LogP contribution is -2.56. The molecule has 2 unspecified atom stereocenters. The molecule has 2 atom stereocenters. The van der Waals surface area contributed by atoms with Crippen molar-refractivity contribution < 1.29 is 29.4 Å². The van der Waals surface area contributed by atoms with Crippen LogP contribution in [0.3, 0.4) is 0 Å². The Hall–Kier alpha value is -1.14. The van der Waals surface area contributed by atoms with Gasteiger partial charge in [-0.05, 0) is 26.7 Å². The zero-order chi connectivity index (χ0) is 18.6. The van der Waals surface area contributed by atoms with Gasteiger partial charge in [0.05, 0.1) is 26.2 Å². The van der Waals surface area contributed by atoms with E-state index in [1.807, 2.05) is 0 Å². The Bertz CT molecular complexity index is 350. The summed E-state index contributed by atoms with van der Waals surface area (Å²) < 4.78 is 0.366. The zero-order valence-corrected chi connectivity index (χ0v) is 15.5. The van der Waals surface area contributed by atoms with Gasteiger partial charge < -0.3 is 19.8 Å². The van der Waals surface area contributed by atoms with Crippen molar-refractivity contribution in [3.05, 3.63) is 0 Å². The Morgan fingerprint density at radius 2 is 1.29 bits per heavy atom. The number of carbonyl (C=O) groups is 2. The van der Waals surface area contributed by atoms with E-state index < -0.39 is 23.8 Å². The number of nitrogens with zero attached hydrogens (tertiary/aromatic N) is 1. The summed E-state index contributed by atoms with van der Waals surface area (Å²) in [5.74, 6) is -2.86. The van der Waals surface area contributed by atoms with Crippen LogP contribution in [0, 0.1) is 11.8 Å². The molecule has 0 aromatic rings. The second kappa shape index (κ2) is 12.3. The number of carboxylic acids is 2. The van der Waals surface area contributed by atoms with Crippen molar-refractivity contribution in [1.82, 2.24) is 0 Å². The first kappa shape index (κ1) is 22.9. The first-order chi connectivity index (χ1) is 11.3. The van der Waals surface area contributed by atoms with Crippen LogP contribution in [-0.4, -0.2) is 64.5 Å². The van der Waals surface area contributed by atoms with Crippen LogP contribution in [0.4, 0.5) is 0 Å². The summed E-state index contributed by atoms with van der Waals surface area (Å²) in [5.41, 5.74) is 0. The molecule has 142 valence electrons. The third-order valence-corrected chi connectivity index (χ3v) is 4.73. The zero-order valence-electron chi connectivity index (χ0n) is 15.5. The van der Waals surface area contributed by atoms with Crippen LogP contribution in [0.1, 0.15) is 59.3 Å². The van der Waals surface area contributed by atoms with Crippen LogP contribution in [0.25, 0.3) is 0 Å². The fourth-order valence-electron chi connectivity index (χ4n) is 3.31. The molecule has 0 aliphatic carbocycles. The van der Waals surface area contributed by atoms with Gasteiger partial charge in [0.25, 0.3) is 0 Å². The third-order valence-electron chi connectivity index (χ3n) is 4.73.